The lowest BCUT2D eigenvalue weighted by Crippen LogP contribution is -2.24. The Hall–Kier alpha value is -2.40. The normalized spacial score (nSPS) is 13.7. The standard InChI is InChI=1S/C19H22N2O3/c1-12-17-15(7-4-8-16(17)22)21-18(12)19(23)20-10-13-5-3-6-14(9-13)11-24-2/h3,5-6,9,21H,4,7-8,10-11H2,1-2H3,(H,20,23). The van der Waals surface area contributed by atoms with E-state index in [1.807, 2.05) is 31.2 Å². The van der Waals surface area contributed by atoms with Gasteiger partial charge in [-0.3, -0.25) is 9.59 Å². The summed E-state index contributed by atoms with van der Waals surface area (Å²) in [5.41, 5.74) is 4.97. The molecule has 3 rings (SSSR count). The summed E-state index contributed by atoms with van der Waals surface area (Å²) in [4.78, 5) is 27.7. The second-order valence-electron chi connectivity index (χ2n) is 6.19. The van der Waals surface area contributed by atoms with Gasteiger partial charge in [-0.15, -0.1) is 0 Å². The van der Waals surface area contributed by atoms with Crippen molar-refractivity contribution in [3.8, 4) is 0 Å². The Balaban J connectivity index is 1.72. The van der Waals surface area contributed by atoms with Gasteiger partial charge in [0.05, 0.1) is 6.61 Å². The Kier molecular flexibility index (Phi) is 4.81. The zero-order chi connectivity index (χ0) is 17.1. The predicted molar refractivity (Wildman–Crippen MR) is 91.1 cm³/mol. The van der Waals surface area contributed by atoms with Gasteiger partial charge in [0, 0.05) is 31.3 Å². The van der Waals surface area contributed by atoms with Gasteiger partial charge in [-0.05, 0) is 36.5 Å². The fourth-order valence-electron chi connectivity index (χ4n) is 3.27. The van der Waals surface area contributed by atoms with E-state index in [4.69, 9.17) is 4.74 Å². The molecule has 2 N–H and O–H groups in total. The summed E-state index contributed by atoms with van der Waals surface area (Å²) in [6.45, 7) is 2.83. The average Bonchev–Trinajstić information content (AvgIpc) is 2.92. The smallest absolute Gasteiger partial charge is 0.268 e. The number of fused-ring (bicyclic) bond motifs is 1. The van der Waals surface area contributed by atoms with Gasteiger partial charge in [0.1, 0.15) is 5.69 Å². The molecule has 1 aromatic heterocycles. The number of aromatic amines is 1. The molecular weight excluding hydrogens is 304 g/mol. The molecule has 0 atom stereocenters. The number of rotatable bonds is 5. The fourth-order valence-corrected chi connectivity index (χ4v) is 3.27. The van der Waals surface area contributed by atoms with Crippen LogP contribution in [-0.2, 0) is 24.3 Å². The van der Waals surface area contributed by atoms with Crippen LogP contribution >= 0.6 is 0 Å². The fraction of sp³-hybridized carbons (Fsp3) is 0.368. The number of aryl methyl sites for hydroxylation is 1. The molecule has 0 radical (unpaired) electrons. The molecule has 1 aliphatic rings. The Bertz CT molecular complexity index is 777. The van der Waals surface area contributed by atoms with Crippen LogP contribution in [0.5, 0.6) is 0 Å². The maximum atomic E-state index is 12.5. The van der Waals surface area contributed by atoms with Crippen LogP contribution in [0.4, 0.5) is 0 Å². The third kappa shape index (κ3) is 3.26. The third-order valence-corrected chi connectivity index (χ3v) is 4.42. The average molecular weight is 326 g/mol. The summed E-state index contributed by atoms with van der Waals surface area (Å²) in [5, 5.41) is 2.93. The molecule has 126 valence electrons. The maximum Gasteiger partial charge on any atom is 0.268 e. The molecule has 5 nitrogen and oxygen atoms in total. The van der Waals surface area contributed by atoms with Gasteiger partial charge < -0.3 is 15.0 Å². The van der Waals surface area contributed by atoms with Crippen LogP contribution in [-0.4, -0.2) is 23.8 Å². The molecule has 1 amide bonds. The number of Topliss-reactive ketones (excluding diaryl/α,β-unsaturated/α-hetero) is 1. The zero-order valence-corrected chi connectivity index (χ0v) is 14.1. The van der Waals surface area contributed by atoms with E-state index in [9.17, 15) is 9.59 Å². The Morgan fingerprint density at radius 3 is 2.83 bits per heavy atom. The van der Waals surface area contributed by atoms with Crippen molar-refractivity contribution < 1.29 is 14.3 Å². The van der Waals surface area contributed by atoms with E-state index in [0.717, 1.165) is 35.2 Å². The molecule has 24 heavy (non-hydrogen) atoms. The van der Waals surface area contributed by atoms with Crippen molar-refractivity contribution in [2.45, 2.75) is 39.3 Å². The van der Waals surface area contributed by atoms with Crippen LogP contribution in [0.2, 0.25) is 0 Å². The number of hydrogen-bond donors (Lipinski definition) is 2. The molecule has 0 saturated heterocycles. The maximum absolute atomic E-state index is 12.5. The van der Waals surface area contributed by atoms with Crippen LogP contribution in [0.25, 0.3) is 0 Å². The highest BCUT2D eigenvalue weighted by atomic mass is 16.5. The Morgan fingerprint density at radius 1 is 1.29 bits per heavy atom. The number of aromatic nitrogens is 1. The largest absolute Gasteiger partial charge is 0.380 e. The summed E-state index contributed by atoms with van der Waals surface area (Å²) < 4.78 is 5.13. The quantitative estimate of drug-likeness (QED) is 0.887. The van der Waals surface area contributed by atoms with Crippen molar-refractivity contribution in [3.05, 3.63) is 57.9 Å². The molecule has 0 spiro atoms. The molecular formula is C19H22N2O3. The van der Waals surface area contributed by atoms with Crippen molar-refractivity contribution in [1.29, 1.82) is 0 Å². The van der Waals surface area contributed by atoms with Gasteiger partial charge in [-0.25, -0.2) is 0 Å². The van der Waals surface area contributed by atoms with Crippen molar-refractivity contribution >= 4 is 11.7 Å². The number of carbonyl (C=O) groups is 2. The van der Waals surface area contributed by atoms with E-state index in [-0.39, 0.29) is 11.7 Å². The molecule has 0 unspecified atom stereocenters. The lowest BCUT2D eigenvalue weighted by atomic mass is 9.94. The summed E-state index contributed by atoms with van der Waals surface area (Å²) in [7, 11) is 1.66. The molecule has 1 aromatic carbocycles. The number of hydrogen-bond acceptors (Lipinski definition) is 3. The topological polar surface area (TPSA) is 71.2 Å². The van der Waals surface area contributed by atoms with Crippen molar-refractivity contribution in [2.24, 2.45) is 0 Å². The minimum Gasteiger partial charge on any atom is -0.380 e. The van der Waals surface area contributed by atoms with E-state index in [1.165, 1.54) is 0 Å². The van der Waals surface area contributed by atoms with Gasteiger partial charge in [-0.2, -0.15) is 0 Å². The minimum atomic E-state index is -0.174. The first-order valence-electron chi connectivity index (χ1n) is 8.19. The second-order valence-corrected chi connectivity index (χ2v) is 6.19. The Morgan fingerprint density at radius 2 is 2.08 bits per heavy atom. The third-order valence-electron chi connectivity index (χ3n) is 4.42. The second kappa shape index (κ2) is 7.01. The van der Waals surface area contributed by atoms with Gasteiger partial charge in [0.15, 0.2) is 5.78 Å². The molecule has 1 aliphatic carbocycles. The predicted octanol–water partition coefficient (Wildman–Crippen LogP) is 2.92. The van der Waals surface area contributed by atoms with E-state index in [0.29, 0.717) is 30.8 Å². The highest BCUT2D eigenvalue weighted by Gasteiger charge is 2.26. The van der Waals surface area contributed by atoms with Gasteiger partial charge in [0.25, 0.3) is 5.91 Å². The van der Waals surface area contributed by atoms with Crippen LogP contribution in [0, 0.1) is 6.92 Å². The lowest BCUT2D eigenvalue weighted by Gasteiger charge is -2.09. The van der Waals surface area contributed by atoms with Gasteiger partial charge >= 0.3 is 0 Å². The molecule has 0 bridgehead atoms. The van der Waals surface area contributed by atoms with Crippen LogP contribution < -0.4 is 5.32 Å². The number of amides is 1. The summed E-state index contributed by atoms with van der Waals surface area (Å²) in [6, 6.07) is 7.92. The number of carbonyl (C=O) groups excluding carboxylic acids is 2. The minimum absolute atomic E-state index is 0.135. The number of ketones is 1. The molecule has 0 fully saturated rings. The van der Waals surface area contributed by atoms with Gasteiger partial charge in [0.2, 0.25) is 0 Å². The molecule has 1 heterocycles. The number of benzene rings is 1. The summed E-state index contributed by atoms with van der Waals surface area (Å²) in [6.07, 6.45) is 2.24. The highest BCUT2D eigenvalue weighted by molar-refractivity contribution is 6.04. The number of H-pyrrole nitrogens is 1. The number of nitrogens with one attached hydrogen (secondary N) is 2. The van der Waals surface area contributed by atoms with E-state index in [2.05, 4.69) is 10.3 Å². The monoisotopic (exact) mass is 326 g/mol. The van der Waals surface area contributed by atoms with Crippen LogP contribution in [0.15, 0.2) is 24.3 Å². The van der Waals surface area contributed by atoms with Gasteiger partial charge in [-0.1, -0.05) is 24.3 Å². The van der Waals surface area contributed by atoms with E-state index >= 15 is 0 Å². The molecule has 0 aliphatic heterocycles. The Labute approximate surface area is 141 Å². The SMILES string of the molecule is COCc1cccc(CNC(=O)c2[nH]c3c(c2C)C(=O)CCC3)c1. The first kappa shape index (κ1) is 16.5. The van der Waals surface area contributed by atoms with E-state index in [1.54, 1.807) is 7.11 Å². The summed E-state index contributed by atoms with van der Waals surface area (Å²) >= 11 is 0. The first-order chi connectivity index (χ1) is 11.6. The lowest BCUT2D eigenvalue weighted by molar-refractivity contribution is 0.0945. The van der Waals surface area contributed by atoms with E-state index < -0.39 is 0 Å². The first-order valence-corrected chi connectivity index (χ1v) is 8.19. The van der Waals surface area contributed by atoms with Crippen molar-refractivity contribution in [3.63, 3.8) is 0 Å². The van der Waals surface area contributed by atoms with Crippen LogP contribution in [0.1, 0.15) is 56.1 Å². The van der Waals surface area contributed by atoms with Crippen LogP contribution in [0.3, 0.4) is 0 Å². The molecule has 5 heteroatoms. The zero-order valence-electron chi connectivity index (χ0n) is 14.1. The number of ether oxygens (including phenoxy) is 1. The summed E-state index contributed by atoms with van der Waals surface area (Å²) in [5.74, 6) is -0.0387. The van der Waals surface area contributed by atoms with Crippen molar-refractivity contribution in [2.75, 3.05) is 7.11 Å². The molecule has 2 aromatic rings. The molecule has 0 saturated carbocycles. The highest BCUT2D eigenvalue weighted by Crippen LogP contribution is 2.26. The van der Waals surface area contributed by atoms with Crippen molar-refractivity contribution in [1.82, 2.24) is 10.3 Å². The number of methoxy groups -OCH3 is 1.